The van der Waals surface area contributed by atoms with Crippen molar-refractivity contribution in [1.82, 2.24) is 0 Å². The van der Waals surface area contributed by atoms with E-state index >= 15 is 0 Å². The van der Waals surface area contributed by atoms with Crippen LogP contribution in [0.2, 0.25) is 0 Å². The minimum atomic E-state index is -0.753. The van der Waals surface area contributed by atoms with Gasteiger partial charge in [0, 0.05) is 39.5 Å². The summed E-state index contributed by atoms with van der Waals surface area (Å²) in [5.74, 6) is -2.78. The first kappa shape index (κ1) is 10.3. The summed E-state index contributed by atoms with van der Waals surface area (Å²) in [7, 11) is 0. The van der Waals surface area contributed by atoms with Crippen LogP contribution in [0, 0.1) is 0 Å². The Bertz CT molecular complexity index is 236. The molecule has 2 N–H and O–H groups in total. The van der Waals surface area contributed by atoms with Gasteiger partial charge in [-0.2, -0.15) is 0 Å². The molecule has 0 fully saturated rings. The third kappa shape index (κ3) is 2.14. The average Bonchev–Trinajstić information content (AvgIpc) is 1.84. The second-order valence-corrected chi connectivity index (χ2v) is 1.79. The second-order valence-electron chi connectivity index (χ2n) is 1.79. The summed E-state index contributed by atoms with van der Waals surface area (Å²) < 4.78 is 0. The van der Waals surface area contributed by atoms with Gasteiger partial charge in [-0.1, -0.05) is 0 Å². The first-order chi connectivity index (χ1) is 4.61. The Balaban J connectivity index is 0.000001000. The van der Waals surface area contributed by atoms with Crippen molar-refractivity contribution in [3.8, 4) is 0 Å². The van der Waals surface area contributed by atoms with Crippen LogP contribution >= 0.6 is 0 Å². The molecule has 0 saturated carbocycles. The van der Waals surface area contributed by atoms with Crippen LogP contribution in [0.3, 0.4) is 0 Å². The number of carbonyl (C=O) groups is 2. The van der Waals surface area contributed by atoms with Crippen LogP contribution in [0.15, 0.2) is 23.7 Å². The summed E-state index contributed by atoms with van der Waals surface area (Å²) in [5.41, 5.74) is 0. The van der Waals surface area contributed by atoms with Crippen molar-refractivity contribution in [3.05, 3.63) is 23.7 Å². The molecule has 0 spiro atoms. The van der Waals surface area contributed by atoms with Crippen LogP contribution in [0.5, 0.6) is 0 Å². The fourth-order valence-corrected chi connectivity index (χ4v) is 0.538. The number of aliphatic hydroxyl groups excluding tert-OH is 2. The monoisotopic (exact) mass is 348 g/mol. The van der Waals surface area contributed by atoms with Crippen molar-refractivity contribution < 1.29 is 19.8 Å². The number of ketones is 2. The van der Waals surface area contributed by atoms with E-state index in [-0.39, 0.29) is 27.3 Å². The van der Waals surface area contributed by atoms with Crippen molar-refractivity contribution in [2.75, 3.05) is 0 Å². The molecule has 1 rings (SSSR count). The zero-order valence-corrected chi connectivity index (χ0v) is 9.25. The number of allylic oxidation sites excluding steroid dienone is 2. The van der Waals surface area contributed by atoms with Gasteiger partial charge in [-0.25, -0.2) is 0 Å². The maximum Gasteiger partial charge on any atom is 0.224 e. The smallest absolute Gasteiger partial charge is 0.224 e. The first-order valence-corrected chi connectivity index (χ1v) is 2.51. The molecule has 5 heteroatoms. The van der Waals surface area contributed by atoms with Crippen molar-refractivity contribution in [3.63, 3.8) is 0 Å². The van der Waals surface area contributed by atoms with Crippen LogP contribution in [0.4, 0.5) is 0 Å². The van der Waals surface area contributed by atoms with Gasteiger partial charge in [0.05, 0.1) is 0 Å². The summed E-state index contributed by atoms with van der Waals surface area (Å²) in [6.45, 7) is 0. The van der Waals surface area contributed by atoms with Crippen molar-refractivity contribution in [2.24, 2.45) is 0 Å². The van der Waals surface area contributed by atoms with E-state index in [9.17, 15) is 9.59 Å². The van der Waals surface area contributed by atoms with Gasteiger partial charge >= 0.3 is 0 Å². The van der Waals surface area contributed by atoms with Gasteiger partial charge in [0.2, 0.25) is 11.6 Å². The van der Waals surface area contributed by atoms with Crippen LogP contribution in [0.25, 0.3) is 0 Å². The Kier molecular flexibility index (Phi) is 3.43. The third-order valence-corrected chi connectivity index (χ3v) is 1.04. The molecule has 0 amide bonds. The molecule has 0 saturated heterocycles. The normalized spacial score (nSPS) is 16.7. The van der Waals surface area contributed by atoms with E-state index in [2.05, 4.69) is 0 Å². The summed E-state index contributed by atoms with van der Waals surface area (Å²) >= 11 is 0. The molecule has 0 aromatic heterocycles. The molecule has 0 aromatic rings. The Morgan fingerprint density at radius 1 is 0.909 bits per heavy atom. The Hall–Kier alpha value is -0.658. The molecule has 1 aliphatic carbocycles. The summed E-state index contributed by atoms with van der Waals surface area (Å²) in [6.07, 6.45) is 1.36. The maximum atomic E-state index is 10.4. The van der Waals surface area contributed by atoms with E-state index < -0.39 is 23.1 Å². The molecular formula is C6H4O4Pb. The molecule has 56 valence electrons. The van der Waals surface area contributed by atoms with Gasteiger partial charge in [-0.05, 0) is 0 Å². The molecule has 0 bridgehead atoms. The molecule has 1 aliphatic rings. The van der Waals surface area contributed by atoms with Gasteiger partial charge < -0.3 is 10.2 Å². The van der Waals surface area contributed by atoms with Gasteiger partial charge in [-0.3, -0.25) is 9.59 Å². The molecule has 0 unspecified atom stereocenters. The van der Waals surface area contributed by atoms with E-state index in [1.54, 1.807) is 0 Å². The second kappa shape index (κ2) is 3.65. The van der Waals surface area contributed by atoms with Crippen molar-refractivity contribution in [2.45, 2.75) is 0 Å². The van der Waals surface area contributed by atoms with Crippen molar-refractivity contribution >= 4 is 38.9 Å². The number of aliphatic hydroxyl groups is 2. The molecule has 0 atom stereocenters. The van der Waals surface area contributed by atoms with Gasteiger partial charge in [0.15, 0.2) is 11.5 Å². The molecule has 4 radical (unpaired) electrons. The molecule has 4 nitrogen and oxygen atoms in total. The van der Waals surface area contributed by atoms with Crippen LogP contribution in [0.1, 0.15) is 0 Å². The predicted octanol–water partition coefficient (Wildman–Crippen LogP) is -0.359. The minimum Gasteiger partial charge on any atom is -0.504 e. The maximum absolute atomic E-state index is 10.4. The minimum absolute atomic E-state index is 0. The van der Waals surface area contributed by atoms with Gasteiger partial charge in [0.1, 0.15) is 0 Å². The molecular weight excluding hydrogens is 343 g/mol. The number of hydrogen-bond acceptors (Lipinski definition) is 4. The van der Waals surface area contributed by atoms with Crippen LogP contribution in [-0.2, 0) is 9.59 Å². The van der Waals surface area contributed by atoms with Crippen LogP contribution < -0.4 is 0 Å². The number of hydrogen-bond donors (Lipinski definition) is 2. The van der Waals surface area contributed by atoms with Crippen molar-refractivity contribution in [1.29, 1.82) is 0 Å². The van der Waals surface area contributed by atoms with E-state index in [1.807, 2.05) is 0 Å². The third-order valence-electron chi connectivity index (χ3n) is 1.04. The Labute approximate surface area is 82.4 Å². The summed E-state index contributed by atoms with van der Waals surface area (Å²) in [5, 5.41) is 17.2. The quantitative estimate of drug-likeness (QED) is 0.464. The standard InChI is InChI=1S/C6H4O4.Pb/c7-3-1-4(8)6(10)2-5(3)9;/h1-2,7,10H;. The molecule has 0 aliphatic heterocycles. The van der Waals surface area contributed by atoms with E-state index in [0.29, 0.717) is 12.2 Å². The summed E-state index contributed by atoms with van der Waals surface area (Å²) in [6, 6.07) is 0. The fourth-order valence-electron chi connectivity index (χ4n) is 0.538. The van der Waals surface area contributed by atoms with Gasteiger partial charge in [-0.15, -0.1) is 0 Å². The zero-order valence-electron chi connectivity index (χ0n) is 5.37. The van der Waals surface area contributed by atoms with E-state index in [4.69, 9.17) is 10.2 Å². The first-order valence-electron chi connectivity index (χ1n) is 2.51. The number of carbonyl (C=O) groups excluding carboxylic acids is 2. The Morgan fingerprint density at radius 3 is 1.45 bits per heavy atom. The average molecular weight is 347 g/mol. The number of rotatable bonds is 0. The SMILES string of the molecule is O=C1C=C(O)C(=O)C=C1O.[Pb]. The summed E-state index contributed by atoms with van der Waals surface area (Å²) in [4.78, 5) is 20.9. The van der Waals surface area contributed by atoms with E-state index in [1.165, 1.54) is 0 Å². The fraction of sp³-hybridized carbons (Fsp3) is 0. The topological polar surface area (TPSA) is 74.6 Å². The molecule has 0 aromatic carbocycles. The predicted molar refractivity (Wildman–Crippen MR) is 37.2 cm³/mol. The Morgan fingerprint density at radius 2 is 1.18 bits per heavy atom. The van der Waals surface area contributed by atoms with E-state index in [0.717, 1.165) is 0 Å². The largest absolute Gasteiger partial charge is 0.504 e. The molecule has 0 heterocycles. The van der Waals surface area contributed by atoms with Crippen LogP contribution in [-0.4, -0.2) is 49.1 Å². The van der Waals surface area contributed by atoms with Gasteiger partial charge in [0.25, 0.3) is 0 Å². The molecule has 11 heavy (non-hydrogen) atoms. The zero-order chi connectivity index (χ0) is 7.72.